The summed E-state index contributed by atoms with van der Waals surface area (Å²) in [7, 11) is 3.28. The van der Waals surface area contributed by atoms with E-state index in [4.69, 9.17) is 9.47 Å². The van der Waals surface area contributed by atoms with E-state index in [0.717, 1.165) is 28.9 Å². The number of imidazole rings is 1. The summed E-state index contributed by atoms with van der Waals surface area (Å²) in [5.41, 5.74) is 4.08. The number of nitrogens with zero attached hydrogens (tertiary/aromatic N) is 4. The number of aromatic nitrogens is 2. The Hall–Kier alpha value is -3.69. The molecule has 2 unspecified atom stereocenters. The first kappa shape index (κ1) is 25.4. The van der Waals surface area contributed by atoms with Crippen LogP contribution in [0.25, 0.3) is 11.8 Å². The Bertz CT molecular complexity index is 1240. The molecule has 8 nitrogen and oxygen atoms in total. The van der Waals surface area contributed by atoms with E-state index in [0.29, 0.717) is 30.6 Å². The summed E-state index contributed by atoms with van der Waals surface area (Å²) >= 11 is 0. The van der Waals surface area contributed by atoms with Crippen LogP contribution in [-0.4, -0.2) is 59.1 Å². The average molecular weight is 494 g/mol. The number of guanidine groups is 1. The first-order chi connectivity index (χ1) is 17.4. The highest BCUT2D eigenvalue weighted by molar-refractivity contribution is 5.87. The van der Waals surface area contributed by atoms with Gasteiger partial charge in [0, 0.05) is 26.5 Å². The second-order valence-corrected chi connectivity index (χ2v) is 8.64. The molecule has 4 rings (SSSR count). The molecule has 190 valence electrons. The van der Waals surface area contributed by atoms with Crippen molar-refractivity contribution in [2.75, 3.05) is 27.4 Å². The topological polar surface area (TPSA) is 84.1 Å². The van der Waals surface area contributed by atoms with Crippen molar-refractivity contribution in [3.05, 3.63) is 83.3 Å². The van der Waals surface area contributed by atoms with Crippen molar-refractivity contribution in [1.29, 1.82) is 0 Å². The SMILES string of the molecule is COCCCN=C1N/C(=C\c2ccc(-n3cnc(C)c3)c(OC)c2)C(O)N1C(C)c1ccc(F)cc1. The number of rotatable bonds is 9. The second kappa shape index (κ2) is 11.4. The molecule has 1 aliphatic heterocycles. The van der Waals surface area contributed by atoms with Gasteiger partial charge in [-0.15, -0.1) is 0 Å². The van der Waals surface area contributed by atoms with Crippen molar-refractivity contribution in [3.63, 3.8) is 0 Å². The van der Waals surface area contributed by atoms with Crippen molar-refractivity contribution in [2.24, 2.45) is 4.99 Å². The van der Waals surface area contributed by atoms with Crippen LogP contribution in [0, 0.1) is 12.7 Å². The highest BCUT2D eigenvalue weighted by atomic mass is 19.1. The number of ether oxygens (including phenoxy) is 2. The van der Waals surface area contributed by atoms with Crippen molar-refractivity contribution in [3.8, 4) is 11.4 Å². The number of aryl methyl sites for hydroxylation is 1. The minimum absolute atomic E-state index is 0.249. The quantitative estimate of drug-likeness (QED) is 0.438. The molecule has 0 spiro atoms. The maximum absolute atomic E-state index is 13.5. The van der Waals surface area contributed by atoms with Crippen LogP contribution in [0.15, 0.2) is 65.7 Å². The van der Waals surface area contributed by atoms with Gasteiger partial charge in [-0.2, -0.15) is 0 Å². The lowest BCUT2D eigenvalue weighted by atomic mass is 10.1. The molecular formula is C27H32FN5O3. The molecule has 9 heteroatoms. The van der Waals surface area contributed by atoms with Crippen molar-refractivity contribution < 1.29 is 19.0 Å². The van der Waals surface area contributed by atoms with Gasteiger partial charge in [0.25, 0.3) is 0 Å². The van der Waals surface area contributed by atoms with Gasteiger partial charge in [-0.1, -0.05) is 18.2 Å². The number of halogens is 1. The van der Waals surface area contributed by atoms with Crippen LogP contribution in [0.1, 0.15) is 36.2 Å². The van der Waals surface area contributed by atoms with Crippen molar-refractivity contribution >= 4 is 12.0 Å². The van der Waals surface area contributed by atoms with Gasteiger partial charge in [0.05, 0.1) is 36.6 Å². The maximum atomic E-state index is 13.5. The first-order valence-corrected chi connectivity index (χ1v) is 11.8. The third-order valence-electron chi connectivity index (χ3n) is 6.10. The lowest BCUT2D eigenvalue weighted by Crippen LogP contribution is -2.37. The van der Waals surface area contributed by atoms with Crippen LogP contribution < -0.4 is 10.1 Å². The van der Waals surface area contributed by atoms with Crippen molar-refractivity contribution in [1.82, 2.24) is 19.8 Å². The van der Waals surface area contributed by atoms with Gasteiger partial charge < -0.3 is 29.4 Å². The van der Waals surface area contributed by atoms with Crippen LogP contribution in [0.3, 0.4) is 0 Å². The molecule has 2 atom stereocenters. The molecule has 0 bridgehead atoms. The van der Waals surface area contributed by atoms with E-state index in [2.05, 4.69) is 15.3 Å². The highest BCUT2D eigenvalue weighted by Gasteiger charge is 2.36. The summed E-state index contributed by atoms with van der Waals surface area (Å²) in [6.07, 6.45) is 5.34. The van der Waals surface area contributed by atoms with Crippen LogP contribution in [0.2, 0.25) is 0 Å². The standard InChI is InChI=1S/C27H32FN5O3/c1-18-16-32(17-30-18)24-11-6-20(15-25(24)36-4)14-23-26(34)33(27(31-23)29-12-5-13-35-3)19(2)21-7-9-22(28)10-8-21/h6-11,14-17,19,26,34H,5,12-13H2,1-4H3,(H,29,31)/b23-14-. The third kappa shape index (κ3) is 5.58. The zero-order valence-corrected chi connectivity index (χ0v) is 21.0. The number of benzene rings is 2. The van der Waals surface area contributed by atoms with Crippen molar-refractivity contribution in [2.45, 2.75) is 32.5 Å². The fourth-order valence-electron chi connectivity index (χ4n) is 4.18. The van der Waals surface area contributed by atoms with Gasteiger partial charge in [0.15, 0.2) is 6.23 Å². The van der Waals surface area contributed by atoms with Gasteiger partial charge in [-0.05, 0) is 61.7 Å². The fourth-order valence-corrected chi connectivity index (χ4v) is 4.18. The monoisotopic (exact) mass is 493 g/mol. The first-order valence-electron chi connectivity index (χ1n) is 11.8. The summed E-state index contributed by atoms with van der Waals surface area (Å²) in [5.74, 6) is 0.932. The summed E-state index contributed by atoms with van der Waals surface area (Å²) < 4.78 is 26.2. The number of aliphatic imine (C=N–C) groups is 1. The second-order valence-electron chi connectivity index (χ2n) is 8.64. The van der Waals surface area contributed by atoms with E-state index in [9.17, 15) is 9.50 Å². The number of hydrogen-bond donors (Lipinski definition) is 2. The lowest BCUT2D eigenvalue weighted by Gasteiger charge is -2.29. The number of hydrogen-bond acceptors (Lipinski definition) is 5. The molecule has 0 aliphatic carbocycles. The third-order valence-corrected chi connectivity index (χ3v) is 6.10. The molecule has 2 heterocycles. The Labute approximate surface area is 210 Å². The number of aliphatic hydroxyl groups excluding tert-OH is 1. The normalized spacial score (nSPS) is 18.6. The number of methoxy groups -OCH3 is 2. The minimum Gasteiger partial charge on any atom is -0.495 e. The van der Waals surface area contributed by atoms with E-state index in [1.807, 2.05) is 48.9 Å². The largest absolute Gasteiger partial charge is 0.495 e. The zero-order valence-electron chi connectivity index (χ0n) is 21.0. The summed E-state index contributed by atoms with van der Waals surface area (Å²) in [5, 5.41) is 14.6. The van der Waals surface area contributed by atoms with E-state index in [1.54, 1.807) is 37.6 Å². The summed E-state index contributed by atoms with van der Waals surface area (Å²) in [6.45, 7) is 5.02. The maximum Gasteiger partial charge on any atom is 0.201 e. The molecule has 3 aromatic rings. The molecule has 0 radical (unpaired) electrons. The molecule has 2 N–H and O–H groups in total. The van der Waals surface area contributed by atoms with E-state index >= 15 is 0 Å². The molecule has 2 aromatic carbocycles. The Kier molecular flexibility index (Phi) is 8.02. The number of nitrogens with one attached hydrogen (secondary N) is 1. The predicted octanol–water partition coefficient (Wildman–Crippen LogP) is 4.05. The lowest BCUT2D eigenvalue weighted by molar-refractivity contribution is 0.0749. The van der Waals surface area contributed by atoms with Crippen LogP contribution >= 0.6 is 0 Å². The minimum atomic E-state index is -0.965. The summed E-state index contributed by atoms with van der Waals surface area (Å²) in [6, 6.07) is 11.8. The van der Waals surface area contributed by atoms with Crippen LogP contribution in [0.4, 0.5) is 4.39 Å². The van der Waals surface area contributed by atoms with Gasteiger partial charge in [0.2, 0.25) is 5.96 Å². The van der Waals surface area contributed by atoms with Gasteiger partial charge in [-0.3, -0.25) is 4.99 Å². The molecule has 1 aliphatic rings. The molecular weight excluding hydrogens is 461 g/mol. The molecule has 1 aromatic heterocycles. The predicted molar refractivity (Wildman–Crippen MR) is 137 cm³/mol. The Morgan fingerprint density at radius 3 is 2.67 bits per heavy atom. The van der Waals surface area contributed by atoms with E-state index in [-0.39, 0.29) is 11.9 Å². The molecule has 1 fully saturated rings. The van der Waals surface area contributed by atoms with Crippen LogP contribution in [0.5, 0.6) is 5.75 Å². The smallest absolute Gasteiger partial charge is 0.201 e. The molecule has 1 saturated heterocycles. The summed E-state index contributed by atoms with van der Waals surface area (Å²) in [4.78, 5) is 10.8. The number of aliphatic hydroxyl groups is 1. The highest BCUT2D eigenvalue weighted by Crippen LogP contribution is 2.31. The van der Waals surface area contributed by atoms with Gasteiger partial charge in [0.1, 0.15) is 11.6 Å². The molecule has 0 amide bonds. The zero-order chi connectivity index (χ0) is 25.7. The molecule has 36 heavy (non-hydrogen) atoms. The average Bonchev–Trinajstić information content (AvgIpc) is 3.44. The van der Waals surface area contributed by atoms with Gasteiger partial charge in [-0.25, -0.2) is 9.37 Å². The fraction of sp³-hybridized carbons (Fsp3) is 0.333. The molecule has 0 saturated carbocycles. The Balaban J connectivity index is 1.64. The van der Waals surface area contributed by atoms with Crippen LogP contribution in [-0.2, 0) is 4.74 Å². The Morgan fingerprint density at radius 1 is 1.22 bits per heavy atom. The van der Waals surface area contributed by atoms with E-state index in [1.165, 1.54) is 12.1 Å². The van der Waals surface area contributed by atoms with E-state index < -0.39 is 6.23 Å². The van der Waals surface area contributed by atoms with Gasteiger partial charge >= 0.3 is 0 Å². The Morgan fingerprint density at radius 2 is 2.00 bits per heavy atom.